The summed E-state index contributed by atoms with van der Waals surface area (Å²) in [4.78, 5) is 7.83. The van der Waals surface area contributed by atoms with E-state index in [-0.39, 0.29) is 6.79 Å². The molecule has 0 atom stereocenters. The van der Waals surface area contributed by atoms with Crippen molar-refractivity contribution in [3.63, 3.8) is 0 Å². The van der Waals surface area contributed by atoms with E-state index in [9.17, 15) is 0 Å². The van der Waals surface area contributed by atoms with Gasteiger partial charge >= 0.3 is 0 Å². The number of nitrogens with two attached hydrogens (primary N) is 1. The first kappa shape index (κ1) is 13.6. The zero-order chi connectivity index (χ0) is 16.0. The molecule has 1 aliphatic heterocycles. The lowest BCUT2D eigenvalue weighted by atomic mass is 10.1. The maximum atomic E-state index is 6.13. The fourth-order valence-electron chi connectivity index (χ4n) is 2.63. The van der Waals surface area contributed by atoms with E-state index in [2.05, 4.69) is 9.97 Å². The average molecular weight is 313 g/mol. The minimum Gasteiger partial charge on any atom is -0.493 e. The molecule has 0 fully saturated rings. The molecule has 2 heterocycles. The molecule has 1 aromatic heterocycles. The van der Waals surface area contributed by atoms with Gasteiger partial charge in [0, 0.05) is 29.4 Å². The topological polar surface area (TPSA) is 91.6 Å². The maximum absolute atomic E-state index is 6.13. The molecule has 0 aliphatic carbocycles. The second-order valence-electron chi connectivity index (χ2n) is 5.10. The first-order valence-electron chi connectivity index (χ1n) is 7.01. The van der Waals surface area contributed by atoms with E-state index in [0.29, 0.717) is 34.5 Å². The molecule has 7 nitrogen and oxygen atoms in total. The third-order valence-electron chi connectivity index (χ3n) is 3.79. The standard InChI is InChI=1S/C16H15N3O4/c1-20-12-3-8(9(17)4-13(12)21-2)16-18-10-5-14-15(23-7-22-14)6-11(10)19-16/h3-6H,7,17H2,1-2H3,(H,18,19). The number of H-pyrrole nitrogens is 1. The third kappa shape index (κ3) is 2.09. The molecule has 0 spiro atoms. The normalized spacial score (nSPS) is 12.6. The Bertz CT molecular complexity index is 863. The van der Waals surface area contributed by atoms with Crippen LogP contribution in [0.2, 0.25) is 0 Å². The summed E-state index contributed by atoms with van der Waals surface area (Å²) in [6.45, 7) is 0.234. The molecule has 0 amide bonds. The van der Waals surface area contributed by atoms with Crippen molar-refractivity contribution in [2.24, 2.45) is 0 Å². The van der Waals surface area contributed by atoms with E-state index < -0.39 is 0 Å². The van der Waals surface area contributed by atoms with Crippen LogP contribution in [0.5, 0.6) is 23.0 Å². The van der Waals surface area contributed by atoms with E-state index in [4.69, 9.17) is 24.7 Å². The number of anilines is 1. The number of ether oxygens (including phenoxy) is 4. The summed E-state index contributed by atoms with van der Waals surface area (Å²) in [5.41, 5.74) is 9.03. The first-order valence-corrected chi connectivity index (χ1v) is 7.01. The fourth-order valence-corrected chi connectivity index (χ4v) is 2.63. The van der Waals surface area contributed by atoms with Crippen molar-refractivity contribution in [1.29, 1.82) is 0 Å². The van der Waals surface area contributed by atoms with Crippen molar-refractivity contribution in [3.05, 3.63) is 24.3 Å². The Morgan fingerprint density at radius 2 is 1.74 bits per heavy atom. The van der Waals surface area contributed by atoms with Crippen LogP contribution in [-0.2, 0) is 0 Å². The van der Waals surface area contributed by atoms with Gasteiger partial charge in [0.05, 0.1) is 25.3 Å². The molecule has 23 heavy (non-hydrogen) atoms. The third-order valence-corrected chi connectivity index (χ3v) is 3.79. The number of rotatable bonds is 3. The molecule has 3 aromatic rings. The van der Waals surface area contributed by atoms with Crippen LogP contribution >= 0.6 is 0 Å². The SMILES string of the molecule is COc1cc(N)c(-c2nc3cc4c(cc3[nH]2)OCO4)cc1OC. The number of aromatic nitrogens is 2. The van der Waals surface area contributed by atoms with Crippen molar-refractivity contribution in [1.82, 2.24) is 9.97 Å². The summed E-state index contributed by atoms with van der Waals surface area (Å²) in [6.07, 6.45) is 0. The zero-order valence-corrected chi connectivity index (χ0v) is 12.7. The highest BCUT2D eigenvalue weighted by Gasteiger charge is 2.18. The Balaban J connectivity index is 1.86. The molecular formula is C16H15N3O4. The smallest absolute Gasteiger partial charge is 0.231 e. The number of nitrogens with zero attached hydrogens (tertiary/aromatic N) is 1. The van der Waals surface area contributed by atoms with Gasteiger partial charge in [0.15, 0.2) is 23.0 Å². The molecule has 118 valence electrons. The minimum absolute atomic E-state index is 0.234. The van der Waals surface area contributed by atoms with Gasteiger partial charge in [0.2, 0.25) is 6.79 Å². The first-order chi connectivity index (χ1) is 11.2. The van der Waals surface area contributed by atoms with Crippen LogP contribution in [0.1, 0.15) is 0 Å². The highest BCUT2D eigenvalue weighted by atomic mass is 16.7. The summed E-state index contributed by atoms with van der Waals surface area (Å²) in [7, 11) is 3.15. The predicted molar refractivity (Wildman–Crippen MR) is 85.2 cm³/mol. The Hall–Kier alpha value is -3.09. The summed E-state index contributed by atoms with van der Waals surface area (Å²) in [5, 5.41) is 0. The van der Waals surface area contributed by atoms with Gasteiger partial charge < -0.3 is 29.7 Å². The Labute approximate surface area is 131 Å². The lowest BCUT2D eigenvalue weighted by molar-refractivity contribution is 0.174. The van der Waals surface area contributed by atoms with Crippen LogP contribution in [-0.4, -0.2) is 31.0 Å². The number of imidazole rings is 1. The highest BCUT2D eigenvalue weighted by Crippen LogP contribution is 2.39. The number of nitrogens with one attached hydrogen (secondary N) is 1. The van der Waals surface area contributed by atoms with Crippen LogP contribution in [0.15, 0.2) is 24.3 Å². The van der Waals surface area contributed by atoms with Gasteiger partial charge in [-0.15, -0.1) is 0 Å². The Kier molecular flexibility index (Phi) is 2.94. The van der Waals surface area contributed by atoms with Gasteiger partial charge in [-0.2, -0.15) is 0 Å². The molecule has 0 radical (unpaired) electrons. The second kappa shape index (κ2) is 4.98. The predicted octanol–water partition coefficient (Wildman–Crippen LogP) is 2.56. The molecule has 0 unspecified atom stereocenters. The number of aromatic amines is 1. The van der Waals surface area contributed by atoms with E-state index in [0.717, 1.165) is 16.6 Å². The molecule has 4 rings (SSSR count). The van der Waals surface area contributed by atoms with Crippen LogP contribution in [0.25, 0.3) is 22.4 Å². The molecule has 0 bridgehead atoms. The summed E-state index contributed by atoms with van der Waals surface area (Å²) >= 11 is 0. The number of hydrogen-bond acceptors (Lipinski definition) is 6. The van der Waals surface area contributed by atoms with Gasteiger partial charge in [-0.3, -0.25) is 0 Å². The van der Waals surface area contributed by atoms with E-state index in [1.807, 2.05) is 12.1 Å². The summed E-state index contributed by atoms with van der Waals surface area (Å²) < 4.78 is 21.3. The molecule has 7 heteroatoms. The van der Waals surface area contributed by atoms with E-state index in [1.165, 1.54) is 0 Å². The molecule has 3 N–H and O–H groups in total. The fraction of sp³-hybridized carbons (Fsp3) is 0.188. The average Bonchev–Trinajstić information content (AvgIpc) is 3.17. The number of benzene rings is 2. The van der Waals surface area contributed by atoms with Crippen molar-refractivity contribution < 1.29 is 18.9 Å². The van der Waals surface area contributed by atoms with Crippen molar-refractivity contribution in [2.45, 2.75) is 0 Å². The minimum atomic E-state index is 0.234. The molecule has 1 aliphatic rings. The summed E-state index contributed by atoms with van der Waals surface area (Å²) in [5.74, 6) is 3.20. The molecular weight excluding hydrogens is 298 g/mol. The van der Waals surface area contributed by atoms with Crippen LogP contribution < -0.4 is 24.7 Å². The van der Waals surface area contributed by atoms with Crippen LogP contribution in [0.4, 0.5) is 5.69 Å². The Morgan fingerprint density at radius 3 is 2.48 bits per heavy atom. The molecule has 2 aromatic carbocycles. The quantitative estimate of drug-likeness (QED) is 0.722. The maximum Gasteiger partial charge on any atom is 0.231 e. The monoisotopic (exact) mass is 313 g/mol. The molecule has 0 saturated heterocycles. The largest absolute Gasteiger partial charge is 0.493 e. The van der Waals surface area contributed by atoms with Crippen molar-refractivity contribution in [3.8, 4) is 34.4 Å². The van der Waals surface area contributed by atoms with Crippen molar-refractivity contribution >= 4 is 16.7 Å². The van der Waals surface area contributed by atoms with Gasteiger partial charge in [-0.1, -0.05) is 0 Å². The molecule has 0 saturated carbocycles. The van der Waals surface area contributed by atoms with Gasteiger partial charge in [0.25, 0.3) is 0 Å². The zero-order valence-electron chi connectivity index (χ0n) is 12.7. The van der Waals surface area contributed by atoms with Gasteiger partial charge in [-0.25, -0.2) is 4.98 Å². The number of hydrogen-bond donors (Lipinski definition) is 2. The van der Waals surface area contributed by atoms with E-state index >= 15 is 0 Å². The lowest BCUT2D eigenvalue weighted by Crippen LogP contribution is -1.96. The van der Waals surface area contributed by atoms with Crippen LogP contribution in [0.3, 0.4) is 0 Å². The lowest BCUT2D eigenvalue weighted by Gasteiger charge is -2.11. The number of nitrogen functional groups attached to an aromatic ring is 1. The Morgan fingerprint density at radius 1 is 1.04 bits per heavy atom. The van der Waals surface area contributed by atoms with Crippen molar-refractivity contribution in [2.75, 3.05) is 26.7 Å². The number of methoxy groups -OCH3 is 2. The number of fused-ring (bicyclic) bond motifs is 2. The summed E-state index contributed by atoms with van der Waals surface area (Å²) in [6, 6.07) is 7.22. The van der Waals surface area contributed by atoms with E-state index in [1.54, 1.807) is 26.4 Å². The second-order valence-corrected chi connectivity index (χ2v) is 5.10. The van der Waals surface area contributed by atoms with Gasteiger partial charge in [0.1, 0.15) is 5.82 Å². The van der Waals surface area contributed by atoms with Crippen LogP contribution in [0, 0.1) is 0 Å². The van der Waals surface area contributed by atoms with Gasteiger partial charge in [-0.05, 0) is 6.07 Å². The highest BCUT2D eigenvalue weighted by molar-refractivity contribution is 5.86.